The second-order valence-corrected chi connectivity index (χ2v) is 7.32. The molecule has 0 N–H and O–H groups in total. The van der Waals surface area contributed by atoms with E-state index in [0.717, 1.165) is 0 Å². The molecule has 35 heavy (non-hydrogen) atoms. The maximum Gasteiger partial charge on any atom is 0.363 e. The molecule has 0 saturated carbocycles. The molecule has 0 atom stereocenters. The summed E-state index contributed by atoms with van der Waals surface area (Å²) < 4.78 is 26.8. The number of carbonyl (C=O) groups excluding carboxylic acids is 2. The number of carbonyl (C=O) groups is 2. The van der Waals surface area contributed by atoms with Crippen LogP contribution in [0.15, 0.2) is 77.4 Å². The van der Waals surface area contributed by atoms with Crippen LogP contribution in [0.2, 0.25) is 0 Å². The van der Waals surface area contributed by atoms with Crippen molar-refractivity contribution in [2.75, 3.05) is 20.8 Å². The first-order valence-electron chi connectivity index (χ1n) is 10.8. The third-order valence-electron chi connectivity index (χ3n) is 5.06. The lowest BCUT2D eigenvalue weighted by atomic mass is 10.1. The van der Waals surface area contributed by atoms with Crippen LogP contribution in [0.5, 0.6) is 23.0 Å². The molecule has 0 amide bonds. The van der Waals surface area contributed by atoms with E-state index in [9.17, 15) is 9.59 Å². The average molecular weight is 473 g/mol. The van der Waals surface area contributed by atoms with Gasteiger partial charge in [0.05, 0.1) is 26.4 Å². The number of cyclic esters (lactones) is 1. The SMILES string of the molecule is CCOc1cc(C=C2N=C(c3ccc(OC)cc3)OC2=O)ccc1OC(=O)c1ccc(OC)cc1. The highest BCUT2D eigenvalue weighted by Gasteiger charge is 2.24. The van der Waals surface area contributed by atoms with Crippen LogP contribution in [0.4, 0.5) is 0 Å². The van der Waals surface area contributed by atoms with E-state index in [1.54, 1.807) is 87.0 Å². The summed E-state index contributed by atoms with van der Waals surface area (Å²) in [6.07, 6.45) is 1.58. The fourth-order valence-corrected chi connectivity index (χ4v) is 3.28. The minimum Gasteiger partial charge on any atom is -0.497 e. The summed E-state index contributed by atoms with van der Waals surface area (Å²) in [5.74, 6) is 1.04. The first-order valence-corrected chi connectivity index (χ1v) is 10.8. The molecule has 8 heteroatoms. The molecule has 8 nitrogen and oxygen atoms in total. The van der Waals surface area contributed by atoms with Gasteiger partial charge in [-0.3, -0.25) is 0 Å². The smallest absolute Gasteiger partial charge is 0.363 e. The fourth-order valence-electron chi connectivity index (χ4n) is 3.28. The Morgan fingerprint density at radius 3 is 2.20 bits per heavy atom. The zero-order valence-electron chi connectivity index (χ0n) is 19.4. The Bertz CT molecular complexity index is 1290. The zero-order chi connectivity index (χ0) is 24.8. The van der Waals surface area contributed by atoms with Gasteiger partial charge in [0.1, 0.15) is 11.5 Å². The second kappa shape index (κ2) is 10.6. The van der Waals surface area contributed by atoms with Crippen molar-refractivity contribution in [3.05, 3.63) is 89.1 Å². The maximum absolute atomic E-state index is 12.6. The first-order chi connectivity index (χ1) is 17.0. The molecule has 0 bridgehead atoms. The van der Waals surface area contributed by atoms with Gasteiger partial charge in [0.2, 0.25) is 5.90 Å². The van der Waals surface area contributed by atoms with Crippen molar-refractivity contribution >= 4 is 23.9 Å². The quantitative estimate of drug-likeness (QED) is 0.267. The summed E-state index contributed by atoms with van der Waals surface area (Å²) in [6, 6.07) is 18.6. The van der Waals surface area contributed by atoms with E-state index in [2.05, 4.69) is 4.99 Å². The molecule has 0 fully saturated rings. The van der Waals surface area contributed by atoms with E-state index in [-0.39, 0.29) is 17.3 Å². The van der Waals surface area contributed by atoms with Crippen LogP contribution in [-0.2, 0) is 9.53 Å². The lowest BCUT2D eigenvalue weighted by Gasteiger charge is -2.11. The van der Waals surface area contributed by atoms with Crippen LogP contribution in [0.1, 0.15) is 28.4 Å². The van der Waals surface area contributed by atoms with Gasteiger partial charge in [-0.25, -0.2) is 14.6 Å². The van der Waals surface area contributed by atoms with Gasteiger partial charge in [-0.15, -0.1) is 0 Å². The molecule has 1 heterocycles. The van der Waals surface area contributed by atoms with Crippen LogP contribution in [-0.4, -0.2) is 38.7 Å². The molecule has 4 rings (SSSR count). The van der Waals surface area contributed by atoms with Gasteiger partial charge >= 0.3 is 11.9 Å². The van der Waals surface area contributed by atoms with Crippen LogP contribution in [0.25, 0.3) is 6.08 Å². The predicted octanol–water partition coefficient (Wildman–Crippen LogP) is 4.67. The largest absolute Gasteiger partial charge is 0.497 e. The van der Waals surface area contributed by atoms with Crippen LogP contribution < -0.4 is 18.9 Å². The van der Waals surface area contributed by atoms with Crippen LogP contribution in [0.3, 0.4) is 0 Å². The number of esters is 2. The topological polar surface area (TPSA) is 92.6 Å². The average Bonchev–Trinajstić information content (AvgIpc) is 3.25. The zero-order valence-corrected chi connectivity index (χ0v) is 19.4. The van der Waals surface area contributed by atoms with Gasteiger partial charge in [0.25, 0.3) is 0 Å². The summed E-state index contributed by atoms with van der Waals surface area (Å²) in [7, 11) is 3.12. The number of hydrogen-bond acceptors (Lipinski definition) is 8. The van der Waals surface area contributed by atoms with Crippen molar-refractivity contribution in [3.8, 4) is 23.0 Å². The van der Waals surface area contributed by atoms with Gasteiger partial charge in [-0.05, 0) is 79.2 Å². The summed E-state index contributed by atoms with van der Waals surface area (Å²) in [6.45, 7) is 2.18. The van der Waals surface area contributed by atoms with Gasteiger partial charge in [0.15, 0.2) is 17.2 Å². The van der Waals surface area contributed by atoms with Gasteiger partial charge in [-0.1, -0.05) is 6.07 Å². The van der Waals surface area contributed by atoms with Gasteiger partial charge in [-0.2, -0.15) is 0 Å². The molecule has 0 saturated heterocycles. The number of hydrogen-bond donors (Lipinski definition) is 0. The molecule has 0 aromatic heterocycles. The van der Waals surface area contributed by atoms with Crippen molar-refractivity contribution in [1.82, 2.24) is 0 Å². The Hall–Kier alpha value is -4.59. The standard InChI is InChI=1S/C27H23NO7/c1-4-33-24-16-17(5-14-23(24)34-26(29)19-8-12-21(32-3)13-9-19)15-22-27(30)35-25(28-22)18-6-10-20(31-2)11-7-18/h5-16H,4H2,1-3H3. The number of nitrogens with zero attached hydrogens (tertiary/aromatic N) is 1. The highest BCUT2D eigenvalue weighted by molar-refractivity contribution is 6.12. The van der Waals surface area contributed by atoms with Crippen molar-refractivity contribution in [1.29, 1.82) is 0 Å². The van der Waals surface area contributed by atoms with E-state index in [0.29, 0.717) is 40.5 Å². The molecular formula is C27H23NO7. The molecule has 1 aliphatic heterocycles. The Morgan fingerprint density at radius 2 is 1.57 bits per heavy atom. The monoisotopic (exact) mass is 473 g/mol. The third kappa shape index (κ3) is 5.50. The summed E-state index contributed by atoms with van der Waals surface area (Å²) in [4.78, 5) is 29.3. The molecule has 3 aromatic rings. The van der Waals surface area contributed by atoms with Gasteiger partial charge in [0, 0.05) is 5.56 Å². The highest BCUT2D eigenvalue weighted by Crippen LogP contribution is 2.31. The van der Waals surface area contributed by atoms with E-state index < -0.39 is 11.9 Å². The minimum atomic E-state index is -0.566. The van der Waals surface area contributed by atoms with Crippen LogP contribution in [0, 0.1) is 0 Å². The van der Waals surface area contributed by atoms with Crippen molar-refractivity contribution in [3.63, 3.8) is 0 Å². The number of methoxy groups -OCH3 is 2. The normalized spacial score (nSPS) is 13.7. The number of aliphatic imine (C=N–C) groups is 1. The number of rotatable bonds is 8. The van der Waals surface area contributed by atoms with Crippen molar-refractivity contribution in [2.45, 2.75) is 6.92 Å². The molecular weight excluding hydrogens is 450 g/mol. The molecule has 0 unspecified atom stereocenters. The molecule has 0 aliphatic carbocycles. The molecule has 1 aliphatic rings. The minimum absolute atomic E-state index is 0.140. The lowest BCUT2D eigenvalue weighted by Crippen LogP contribution is -2.09. The maximum atomic E-state index is 12.6. The van der Waals surface area contributed by atoms with E-state index in [1.165, 1.54) is 0 Å². The van der Waals surface area contributed by atoms with E-state index >= 15 is 0 Å². The Morgan fingerprint density at radius 1 is 0.914 bits per heavy atom. The number of benzene rings is 3. The fraction of sp³-hybridized carbons (Fsp3) is 0.148. The Labute approximate surface area is 202 Å². The highest BCUT2D eigenvalue weighted by atomic mass is 16.6. The van der Waals surface area contributed by atoms with Crippen molar-refractivity contribution in [2.24, 2.45) is 4.99 Å². The van der Waals surface area contributed by atoms with Gasteiger partial charge < -0.3 is 23.7 Å². The second-order valence-electron chi connectivity index (χ2n) is 7.32. The first kappa shape index (κ1) is 23.6. The molecule has 178 valence electrons. The summed E-state index contributed by atoms with van der Waals surface area (Å²) in [5, 5.41) is 0. The summed E-state index contributed by atoms with van der Waals surface area (Å²) in [5.41, 5.74) is 1.79. The molecule has 3 aromatic carbocycles. The Kier molecular flexibility index (Phi) is 7.11. The summed E-state index contributed by atoms with van der Waals surface area (Å²) >= 11 is 0. The van der Waals surface area contributed by atoms with E-state index in [4.69, 9.17) is 23.7 Å². The third-order valence-corrected chi connectivity index (χ3v) is 5.06. The predicted molar refractivity (Wildman–Crippen MR) is 129 cm³/mol. The molecule has 0 radical (unpaired) electrons. The van der Waals surface area contributed by atoms with Crippen LogP contribution >= 0.6 is 0 Å². The number of ether oxygens (including phenoxy) is 5. The Balaban J connectivity index is 1.56. The lowest BCUT2D eigenvalue weighted by molar-refractivity contribution is -0.129. The molecule has 0 spiro atoms. The van der Waals surface area contributed by atoms with E-state index in [1.807, 2.05) is 6.92 Å². The van der Waals surface area contributed by atoms with Crippen molar-refractivity contribution < 1.29 is 33.3 Å².